The summed E-state index contributed by atoms with van der Waals surface area (Å²) in [6.07, 6.45) is 7.20. The minimum Gasteiger partial charge on any atom is -0.451 e. The number of H-pyrrole nitrogens is 2. The highest BCUT2D eigenvalue weighted by molar-refractivity contribution is 14.1. The molecular weight excluding hydrogens is 882 g/mol. The molecule has 5 rings (SSSR count). The summed E-state index contributed by atoms with van der Waals surface area (Å²) < 4.78 is 9.19. The molecule has 12 nitrogen and oxygen atoms in total. The number of carbonyl (C=O) groups is 1. The summed E-state index contributed by atoms with van der Waals surface area (Å²) in [7, 11) is 0. The predicted octanol–water partition coefficient (Wildman–Crippen LogP) is 4.12. The van der Waals surface area contributed by atoms with E-state index in [2.05, 4.69) is 37.7 Å². The van der Waals surface area contributed by atoms with E-state index in [1.54, 1.807) is 22.5 Å². The number of nitrogens with zero attached hydrogens (tertiary/aromatic N) is 2. The number of hydrogen-bond acceptors (Lipinski definition) is 11. The topological polar surface area (TPSA) is 176 Å². The van der Waals surface area contributed by atoms with Crippen molar-refractivity contribution in [3.8, 4) is 0 Å². The van der Waals surface area contributed by atoms with Crippen molar-refractivity contribution in [2.45, 2.75) is 105 Å². The number of aromatic nitrogens is 4. The second kappa shape index (κ2) is 18.3. The van der Waals surface area contributed by atoms with Crippen LogP contribution >= 0.6 is 80.5 Å². The normalized spacial score (nSPS) is 30.2. The number of halogens is 2. The maximum absolute atomic E-state index is 11.8. The van der Waals surface area contributed by atoms with Crippen molar-refractivity contribution in [2.24, 2.45) is 11.8 Å². The van der Waals surface area contributed by atoms with E-state index >= 15 is 0 Å². The molecule has 17 heteroatoms. The molecule has 3 aliphatic rings. The summed E-state index contributed by atoms with van der Waals surface area (Å²) in [4.78, 5) is 61.2. The Labute approximate surface area is 307 Å². The Balaban J connectivity index is 0.000000191. The number of aromatic amines is 2. The van der Waals surface area contributed by atoms with Crippen molar-refractivity contribution in [3.05, 3.63) is 61.2 Å². The molecule has 0 radical (unpaired) electrons. The number of hydrogen-bond donors (Lipinski definition) is 4. The quantitative estimate of drug-likeness (QED) is 0.243. The van der Waals surface area contributed by atoms with Gasteiger partial charge in [-0.2, -0.15) is 0 Å². The summed E-state index contributed by atoms with van der Waals surface area (Å²) in [5, 5.41) is 19.6. The zero-order chi connectivity index (χ0) is 34.3. The van der Waals surface area contributed by atoms with Crippen LogP contribution in [-0.2, 0) is 9.53 Å². The van der Waals surface area contributed by atoms with E-state index in [0.29, 0.717) is 35.9 Å². The zero-order valence-electron chi connectivity index (χ0n) is 26.3. The lowest BCUT2D eigenvalue weighted by atomic mass is 10.0. The molecule has 0 saturated carbocycles. The molecule has 3 aliphatic heterocycles. The van der Waals surface area contributed by atoms with Crippen molar-refractivity contribution in [3.63, 3.8) is 0 Å². The SMILES string of the molecule is CCC1SC(OC(C)=O)CC1C.CCC1SC(n2cc(I)c(=O)[nH]c2=O)CC1C.O=c1[nH]c(=O)n(C2CC(O)C(CO)S2)cc1I. The van der Waals surface area contributed by atoms with Crippen molar-refractivity contribution < 1.29 is 19.7 Å². The van der Waals surface area contributed by atoms with Gasteiger partial charge in [0.25, 0.3) is 11.1 Å². The van der Waals surface area contributed by atoms with Crippen molar-refractivity contribution in [1.29, 1.82) is 0 Å². The molecule has 4 N–H and O–H groups in total. The largest absolute Gasteiger partial charge is 0.451 e. The van der Waals surface area contributed by atoms with E-state index in [-0.39, 0.29) is 45.3 Å². The summed E-state index contributed by atoms with van der Waals surface area (Å²) in [6.45, 7) is 10.2. The highest BCUT2D eigenvalue weighted by atomic mass is 127. The molecule has 0 amide bonds. The van der Waals surface area contributed by atoms with Gasteiger partial charge in [0, 0.05) is 36.2 Å². The molecule has 2 aromatic rings. The molecule has 5 heterocycles. The molecule has 9 atom stereocenters. The fourth-order valence-corrected chi connectivity index (χ4v) is 11.0. The van der Waals surface area contributed by atoms with E-state index in [1.807, 2.05) is 56.9 Å². The van der Waals surface area contributed by atoms with Crippen LogP contribution in [0.4, 0.5) is 0 Å². The van der Waals surface area contributed by atoms with Crippen LogP contribution in [0.2, 0.25) is 0 Å². The third kappa shape index (κ3) is 10.6. The van der Waals surface area contributed by atoms with Gasteiger partial charge in [0.1, 0.15) is 5.44 Å². The van der Waals surface area contributed by atoms with Gasteiger partial charge < -0.3 is 14.9 Å². The van der Waals surface area contributed by atoms with Gasteiger partial charge >= 0.3 is 17.3 Å². The van der Waals surface area contributed by atoms with Crippen molar-refractivity contribution in [2.75, 3.05) is 6.61 Å². The fraction of sp³-hybridized carbons (Fsp3) is 0.690. The third-order valence-electron chi connectivity index (χ3n) is 8.02. The van der Waals surface area contributed by atoms with Crippen LogP contribution in [-0.4, -0.2) is 69.2 Å². The standard InChI is InChI=1S/C11H15IN2O2S.C9H11IN2O4S.C9H16O2S/c1-3-8-6(2)4-9(17-8)14-5-7(12)10(15)13-11(14)16;10-4-2-12(9(16)11-8(4)15)7-1-5(14)6(3-13)17-7;1-4-8-6(2)5-9(12-8)11-7(3)10/h5-6,8-9H,3-4H2,1-2H3,(H,13,15,16);2,5-7,13-14H,1,3H2,(H,11,15,16);6,8-9H,4-5H2,1-3H3. The van der Waals surface area contributed by atoms with Crippen LogP contribution in [0, 0.1) is 19.0 Å². The van der Waals surface area contributed by atoms with Gasteiger partial charge in [-0.05, 0) is 82.7 Å². The number of aliphatic hydroxyl groups is 2. The van der Waals surface area contributed by atoms with Crippen LogP contribution in [0.1, 0.15) is 77.5 Å². The van der Waals surface area contributed by atoms with Crippen LogP contribution in [0.25, 0.3) is 0 Å². The van der Waals surface area contributed by atoms with Gasteiger partial charge in [-0.3, -0.25) is 33.5 Å². The lowest BCUT2D eigenvalue weighted by Gasteiger charge is -2.13. The van der Waals surface area contributed by atoms with E-state index in [1.165, 1.54) is 35.9 Å². The molecule has 0 spiro atoms. The summed E-state index contributed by atoms with van der Waals surface area (Å²) in [6, 6.07) is 0. The number of aliphatic hydroxyl groups excluding tert-OH is 2. The molecule has 46 heavy (non-hydrogen) atoms. The van der Waals surface area contributed by atoms with Gasteiger partial charge in [0.05, 0.1) is 35.8 Å². The van der Waals surface area contributed by atoms with Crippen molar-refractivity contribution in [1.82, 2.24) is 19.1 Å². The Kier molecular flexibility index (Phi) is 15.8. The Morgan fingerprint density at radius 1 is 0.848 bits per heavy atom. The lowest BCUT2D eigenvalue weighted by Crippen LogP contribution is -2.32. The number of carbonyl (C=O) groups excluding carboxylic acids is 1. The van der Waals surface area contributed by atoms with E-state index in [9.17, 15) is 29.1 Å². The second-order valence-electron chi connectivity index (χ2n) is 11.5. The first-order chi connectivity index (χ1) is 21.7. The number of nitrogens with one attached hydrogen (secondary N) is 2. The minimum absolute atomic E-state index is 0.113. The Morgan fingerprint density at radius 3 is 1.72 bits per heavy atom. The fourth-order valence-electron chi connectivity index (χ4n) is 5.54. The van der Waals surface area contributed by atoms with Crippen LogP contribution in [0.5, 0.6) is 0 Å². The van der Waals surface area contributed by atoms with E-state index < -0.39 is 17.4 Å². The number of ether oxygens (including phenoxy) is 1. The second-order valence-corrected chi connectivity index (χ2v) is 18.1. The smallest absolute Gasteiger partial charge is 0.329 e. The van der Waals surface area contributed by atoms with Crippen LogP contribution in [0.15, 0.2) is 31.6 Å². The van der Waals surface area contributed by atoms with E-state index in [0.717, 1.165) is 19.3 Å². The zero-order valence-corrected chi connectivity index (χ0v) is 33.1. The van der Waals surface area contributed by atoms with Gasteiger partial charge in [-0.15, -0.1) is 35.3 Å². The Morgan fingerprint density at radius 2 is 1.30 bits per heavy atom. The molecule has 9 unspecified atom stereocenters. The third-order valence-corrected chi connectivity index (χ3v) is 14.7. The monoisotopic (exact) mass is 924 g/mol. The molecule has 0 bridgehead atoms. The molecule has 258 valence electrons. The molecule has 0 aromatic carbocycles. The van der Waals surface area contributed by atoms with Crippen molar-refractivity contribution >= 4 is 86.4 Å². The highest BCUT2D eigenvalue weighted by Gasteiger charge is 2.35. The molecular formula is C29H42I2N4O8S3. The first-order valence-electron chi connectivity index (χ1n) is 15.1. The first kappa shape index (κ1) is 39.7. The molecule has 3 saturated heterocycles. The average molecular weight is 925 g/mol. The maximum atomic E-state index is 11.8. The number of esters is 1. The highest BCUT2D eigenvalue weighted by Crippen LogP contribution is 2.45. The van der Waals surface area contributed by atoms with Gasteiger partial charge in [0.15, 0.2) is 0 Å². The minimum atomic E-state index is -0.633. The lowest BCUT2D eigenvalue weighted by molar-refractivity contribution is -0.142. The number of thioether (sulfide) groups is 3. The average Bonchev–Trinajstić information content (AvgIpc) is 3.67. The first-order valence-corrected chi connectivity index (χ1v) is 20.1. The Hall–Kier alpha value is -0.740. The van der Waals surface area contributed by atoms with Crippen LogP contribution in [0.3, 0.4) is 0 Å². The van der Waals surface area contributed by atoms with Gasteiger partial charge in [0.2, 0.25) is 0 Å². The maximum Gasteiger partial charge on any atom is 0.329 e. The predicted molar refractivity (Wildman–Crippen MR) is 202 cm³/mol. The molecule has 2 aromatic heterocycles. The van der Waals surface area contributed by atoms with Gasteiger partial charge in [-0.1, -0.05) is 27.7 Å². The Bertz CT molecular complexity index is 1470. The van der Waals surface area contributed by atoms with Crippen LogP contribution < -0.4 is 22.5 Å². The number of rotatable bonds is 6. The summed E-state index contributed by atoms with van der Waals surface area (Å²) in [5.74, 6) is 1.15. The molecule has 3 fully saturated rings. The summed E-state index contributed by atoms with van der Waals surface area (Å²) in [5.41, 5.74) is -1.37. The van der Waals surface area contributed by atoms with Gasteiger partial charge in [-0.25, -0.2) is 9.59 Å². The molecule has 0 aliphatic carbocycles. The summed E-state index contributed by atoms with van der Waals surface area (Å²) >= 11 is 8.79. The van der Waals surface area contributed by atoms with E-state index in [4.69, 9.17) is 9.84 Å².